The van der Waals surface area contributed by atoms with E-state index in [-0.39, 0.29) is 5.91 Å². The summed E-state index contributed by atoms with van der Waals surface area (Å²) in [5, 5.41) is 2.91. The molecule has 0 fully saturated rings. The van der Waals surface area contributed by atoms with Gasteiger partial charge in [0, 0.05) is 19.3 Å². The molecule has 0 spiro atoms. The van der Waals surface area contributed by atoms with Crippen molar-refractivity contribution < 1.29 is 4.79 Å². The van der Waals surface area contributed by atoms with Crippen molar-refractivity contribution in [3.8, 4) is 0 Å². The number of carbonyl (C=O) groups excluding carboxylic acids is 1. The van der Waals surface area contributed by atoms with Crippen LogP contribution < -0.4 is 5.32 Å². The third-order valence-electron chi connectivity index (χ3n) is 2.85. The minimum absolute atomic E-state index is 0.0877. The average molecular weight is 430 g/mol. The third kappa shape index (κ3) is 3.57. The van der Waals surface area contributed by atoms with Crippen molar-refractivity contribution >= 4 is 50.1 Å². The number of anilines is 1. The molecule has 0 saturated heterocycles. The van der Waals surface area contributed by atoms with Gasteiger partial charge in [-0.3, -0.25) is 4.79 Å². The second kappa shape index (κ2) is 6.05. The van der Waals surface area contributed by atoms with Gasteiger partial charge in [-0.25, -0.2) is 0 Å². The molecular weight excluding hydrogens is 417 g/mol. The van der Waals surface area contributed by atoms with Crippen LogP contribution in [0.3, 0.4) is 0 Å². The van der Waals surface area contributed by atoms with Crippen LogP contribution in [-0.4, -0.2) is 5.91 Å². The van der Waals surface area contributed by atoms with Gasteiger partial charge in [0.25, 0.3) is 5.91 Å². The Balaban J connectivity index is 2.20. The average Bonchev–Trinajstić information content (AvgIpc) is 2.37. The number of benzene rings is 2. The number of hydrogen-bond acceptors (Lipinski definition) is 1. The molecule has 2 rings (SSSR count). The largest absolute Gasteiger partial charge is 0.322 e. The summed E-state index contributed by atoms with van der Waals surface area (Å²) in [7, 11) is 0. The van der Waals surface area contributed by atoms with Gasteiger partial charge < -0.3 is 5.32 Å². The first-order valence-electron chi connectivity index (χ1n) is 5.81. The zero-order chi connectivity index (χ0) is 14.0. The Morgan fingerprint density at radius 2 is 1.84 bits per heavy atom. The summed E-state index contributed by atoms with van der Waals surface area (Å²) in [4.78, 5) is 12.1. The second-order valence-corrected chi connectivity index (χ2v) is 6.40. The molecule has 0 aliphatic carbocycles. The van der Waals surface area contributed by atoms with Crippen molar-refractivity contribution in [2.45, 2.75) is 13.8 Å². The molecule has 1 N–H and O–H groups in total. The number of amides is 1. The molecule has 0 aromatic heterocycles. The highest BCUT2D eigenvalue weighted by atomic mass is 127. The van der Waals surface area contributed by atoms with Gasteiger partial charge in [0.1, 0.15) is 0 Å². The lowest BCUT2D eigenvalue weighted by Gasteiger charge is -2.08. The van der Waals surface area contributed by atoms with Gasteiger partial charge in [-0.2, -0.15) is 0 Å². The molecule has 0 aliphatic rings. The number of rotatable bonds is 2. The van der Waals surface area contributed by atoms with E-state index in [1.54, 1.807) is 0 Å². The molecular formula is C15H13BrINO. The summed E-state index contributed by atoms with van der Waals surface area (Å²) >= 11 is 5.69. The van der Waals surface area contributed by atoms with Gasteiger partial charge in [0.05, 0.1) is 0 Å². The predicted molar refractivity (Wildman–Crippen MR) is 90.7 cm³/mol. The third-order valence-corrected chi connectivity index (χ3v) is 4.90. The van der Waals surface area contributed by atoms with Gasteiger partial charge >= 0.3 is 0 Å². The van der Waals surface area contributed by atoms with E-state index in [1.165, 1.54) is 5.56 Å². The van der Waals surface area contributed by atoms with E-state index in [0.29, 0.717) is 5.56 Å². The SMILES string of the molecule is Cc1cc(C(=O)Nc2ccc(C)c(I)c2)ccc1Br. The normalized spacial score (nSPS) is 10.3. The van der Waals surface area contributed by atoms with Crippen LogP contribution in [0.5, 0.6) is 0 Å². The molecule has 0 heterocycles. The Morgan fingerprint density at radius 1 is 1.11 bits per heavy atom. The molecule has 1 amide bonds. The van der Waals surface area contributed by atoms with Gasteiger partial charge in [0.2, 0.25) is 0 Å². The molecule has 0 saturated carbocycles. The van der Waals surface area contributed by atoms with Gasteiger partial charge in [-0.05, 0) is 77.9 Å². The van der Waals surface area contributed by atoms with E-state index in [0.717, 1.165) is 19.3 Å². The van der Waals surface area contributed by atoms with E-state index in [2.05, 4.69) is 43.8 Å². The van der Waals surface area contributed by atoms with E-state index in [1.807, 2.05) is 50.2 Å². The fraction of sp³-hybridized carbons (Fsp3) is 0.133. The van der Waals surface area contributed by atoms with Crippen molar-refractivity contribution in [3.63, 3.8) is 0 Å². The molecule has 0 atom stereocenters. The maximum absolute atomic E-state index is 12.1. The summed E-state index contributed by atoms with van der Waals surface area (Å²) in [5.74, 6) is -0.0877. The van der Waals surface area contributed by atoms with Crippen LogP contribution in [0.2, 0.25) is 0 Å². The van der Waals surface area contributed by atoms with Gasteiger partial charge in [-0.1, -0.05) is 22.0 Å². The standard InChI is InChI=1S/C15H13BrINO/c1-9-3-5-12(8-14(9)17)18-15(19)11-4-6-13(16)10(2)7-11/h3-8H,1-2H3,(H,18,19). The molecule has 0 aliphatic heterocycles. The van der Waals surface area contributed by atoms with Crippen LogP contribution in [0.25, 0.3) is 0 Å². The van der Waals surface area contributed by atoms with Crippen LogP contribution in [0.15, 0.2) is 40.9 Å². The Morgan fingerprint density at radius 3 is 2.47 bits per heavy atom. The van der Waals surface area contributed by atoms with Crippen molar-refractivity contribution in [2.24, 2.45) is 0 Å². The van der Waals surface area contributed by atoms with Gasteiger partial charge in [0.15, 0.2) is 0 Å². The first-order valence-corrected chi connectivity index (χ1v) is 7.68. The summed E-state index contributed by atoms with van der Waals surface area (Å²) in [6, 6.07) is 11.5. The van der Waals surface area contributed by atoms with Crippen molar-refractivity contribution in [1.82, 2.24) is 0 Å². The Hall–Kier alpha value is -0.880. The van der Waals surface area contributed by atoms with Crippen molar-refractivity contribution in [2.75, 3.05) is 5.32 Å². The zero-order valence-corrected chi connectivity index (χ0v) is 14.4. The summed E-state index contributed by atoms with van der Waals surface area (Å²) in [6.45, 7) is 4.02. The highest BCUT2D eigenvalue weighted by Crippen LogP contribution is 2.20. The van der Waals surface area contributed by atoms with Crippen LogP contribution in [0.4, 0.5) is 5.69 Å². The molecule has 4 heteroatoms. The molecule has 0 radical (unpaired) electrons. The highest BCUT2D eigenvalue weighted by molar-refractivity contribution is 14.1. The summed E-state index contributed by atoms with van der Waals surface area (Å²) in [6.07, 6.45) is 0. The monoisotopic (exact) mass is 429 g/mol. The fourth-order valence-electron chi connectivity index (χ4n) is 1.66. The molecule has 0 unspecified atom stereocenters. The van der Waals surface area contributed by atoms with E-state index in [4.69, 9.17) is 0 Å². The number of nitrogens with one attached hydrogen (secondary N) is 1. The van der Waals surface area contributed by atoms with Crippen LogP contribution in [0.1, 0.15) is 21.5 Å². The maximum atomic E-state index is 12.1. The number of aryl methyl sites for hydroxylation is 2. The minimum atomic E-state index is -0.0877. The van der Waals surface area contributed by atoms with E-state index in [9.17, 15) is 4.79 Å². The predicted octanol–water partition coefficient (Wildman–Crippen LogP) is 4.92. The van der Waals surface area contributed by atoms with Crippen molar-refractivity contribution in [1.29, 1.82) is 0 Å². The summed E-state index contributed by atoms with van der Waals surface area (Å²) < 4.78 is 2.15. The molecule has 0 bridgehead atoms. The van der Waals surface area contributed by atoms with Crippen LogP contribution in [0, 0.1) is 17.4 Å². The lowest BCUT2D eigenvalue weighted by molar-refractivity contribution is 0.102. The quantitative estimate of drug-likeness (QED) is 0.674. The first-order chi connectivity index (χ1) is 8.97. The smallest absolute Gasteiger partial charge is 0.255 e. The highest BCUT2D eigenvalue weighted by Gasteiger charge is 2.08. The van der Waals surface area contributed by atoms with Gasteiger partial charge in [-0.15, -0.1) is 0 Å². The van der Waals surface area contributed by atoms with E-state index < -0.39 is 0 Å². The number of halogens is 2. The minimum Gasteiger partial charge on any atom is -0.322 e. The molecule has 2 nitrogen and oxygen atoms in total. The topological polar surface area (TPSA) is 29.1 Å². The van der Waals surface area contributed by atoms with Crippen molar-refractivity contribution in [3.05, 3.63) is 61.1 Å². The maximum Gasteiger partial charge on any atom is 0.255 e. The Labute approximate surface area is 134 Å². The first kappa shape index (κ1) is 14.5. The lowest BCUT2D eigenvalue weighted by Crippen LogP contribution is -2.12. The Kier molecular flexibility index (Phi) is 4.62. The fourth-order valence-corrected chi connectivity index (χ4v) is 2.42. The Bertz CT molecular complexity index is 640. The lowest BCUT2D eigenvalue weighted by atomic mass is 10.1. The second-order valence-electron chi connectivity index (χ2n) is 4.38. The summed E-state index contributed by atoms with van der Waals surface area (Å²) in [5.41, 5.74) is 3.74. The molecule has 2 aromatic carbocycles. The van der Waals surface area contributed by atoms with Crippen LogP contribution >= 0.6 is 38.5 Å². The molecule has 19 heavy (non-hydrogen) atoms. The zero-order valence-electron chi connectivity index (χ0n) is 10.6. The van der Waals surface area contributed by atoms with Crippen LogP contribution in [-0.2, 0) is 0 Å². The number of hydrogen-bond donors (Lipinski definition) is 1. The number of carbonyl (C=O) groups is 1. The molecule has 2 aromatic rings. The molecule has 98 valence electrons. The van der Waals surface area contributed by atoms with E-state index >= 15 is 0 Å².